The quantitative estimate of drug-likeness (QED) is 0.457. The predicted octanol–water partition coefficient (Wildman–Crippen LogP) is 2.75. The van der Waals surface area contributed by atoms with Crippen molar-refractivity contribution < 1.29 is 4.74 Å². The maximum atomic E-state index is 13.3. The summed E-state index contributed by atoms with van der Waals surface area (Å²) in [6.07, 6.45) is 0. The lowest BCUT2D eigenvalue weighted by molar-refractivity contribution is 0.137. The number of ether oxygens (including phenoxy) is 1. The number of hydrogen-bond donors (Lipinski definition) is 0. The molecule has 8 nitrogen and oxygen atoms in total. The fourth-order valence-electron chi connectivity index (χ4n) is 3.87. The van der Waals surface area contributed by atoms with Gasteiger partial charge in [0.25, 0.3) is 5.56 Å². The molecule has 0 bridgehead atoms. The Morgan fingerprint density at radius 1 is 1.13 bits per heavy atom. The van der Waals surface area contributed by atoms with Crippen LogP contribution in [0.1, 0.15) is 23.9 Å². The minimum atomic E-state index is -0.409. The summed E-state index contributed by atoms with van der Waals surface area (Å²) in [6, 6.07) is 5.69. The minimum Gasteiger partial charge on any atom is -0.380 e. The van der Waals surface area contributed by atoms with Crippen LogP contribution in [0.3, 0.4) is 0 Å². The maximum Gasteiger partial charge on any atom is 0.332 e. The van der Waals surface area contributed by atoms with Gasteiger partial charge in [0, 0.05) is 30.1 Å². The molecular weight excluding hydrogens is 406 g/mol. The van der Waals surface area contributed by atoms with Crippen LogP contribution in [0.25, 0.3) is 22.6 Å². The lowest BCUT2D eigenvalue weighted by Crippen LogP contribution is -2.40. The summed E-state index contributed by atoms with van der Waals surface area (Å²) in [5.74, 6) is 0.569. The molecule has 0 atom stereocenters. The Balaban J connectivity index is 2.10. The van der Waals surface area contributed by atoms with Gasteiger partial charge in [0.2, 0.25) is 5.78 Å². The maximum absolute atomic E-state index is 13.3. The number of rotatable bonds is 5. The van der Waals surface area contributed by atoms with Crippen LogP contribution in [-0.2, 0) is 18.3 Å². The highest BCUT2D eigenvalue weighted by Gasteiger charge is 2.23. The topological polar surface area (TPSA) is 75.5 Å². The van der Waals surface area contributed by atoms with E-state index in [0.29, 0.717) is 35.2 Å². The molecule has 1 aromatic carbocycles. The van der Waals surface area contributed by atoms with Crippen LogP contribution in [0, 0.1) is 20.8 Å². The van der Waals surface area contributed by atoms with E-state index >= 15 is 0 Å². The van der Waals surface area contributed by atoms with Crippen LogP contribution < -0.4 is 11.2 Å². The fraction of sp³-hybridized carbons (Fsp3) is 0.381. The molecule has 0 fully saturated rings. The van der Waals surface area contributed by atoms with Gasteiger partial charge in [-0.25, -0.2) is 4.79 Å². The molecule has 0 aliphatic heterocycles. The number of imidazole rings is 2. The molecule has 0 aliphatic rings. The third kappa shape index (κ3) is 2.82. The number of fused-ring (bicyclic) bond motifs is 3. The van der Waals surface area contributed by atoms with E-state index in [1.54, 1.807) is 7.05 Å². The normalized spacial score (nSPS) is 11.8. The molecule has 0 spiro atoms. The van der Waals surface area contributed by atoms with Crippen LogP contribution in [0.2, 0.25) is 5.02 Å². The molecule has 9 heteroatoms. The van der Waals surface area contributed by atoms with Gasteiger partial charge in [-0.15, -0.1) is 0 Å². The highest BCUT2D eigenvalue weighted by molar-refractivity contribution is 6.31. The van der Waals surface area contributed by atoms with Crippen LogP contribution in [0.5, 0.6) is 0 Å². The van der Waals surface area contributed by atoms with E-state index in [2.05, 4.69) is 0 Å². The molecule has 4 rings (SSSR count). The Kier molecular flexibility index (Phi) is 5.07. The molecule has 0 amide bonds. The van der Waals surface area contributed by atoms with Gasteiger partial charge in [-0.1, -0.05) is 17.7 Å². The first-order valence-electron chi connectivity index (χ1n) is 9.82. The Hall–Kier alpha value is -2.84. The van der Waals surface area contributed by atoms with E-state index in [-0.39, 0.29) is 12.1 Å². The Labute approximate surface area is 177 Å². The summed E-state index contributed by atoms with van der Waals surface area (Å²) in [5, 5.41) is 0.651. The van der Waals surface area contributed by atoms with E-state index in [9.17, 15) is 9.59 Å². The summed E-state index contributed by atoms with van der Waals surface area (Å²) in [5.41, 5.74) is 3.56. The summed E-state index contributed by atoms with van der Waals surface area (Å²) in [7, 11) is 1.63. The van der Waals surface area contributed by atoms with Gasteiger partial charge in [0.1, 0.15) is 0 Å². The van der Waals surface area contributed by atoms with Gasteiger partial charge in [0.05, 0.1) is 18.8 Å². The number of hydrogen-bond acceptors (Lipinski definition) is 4. The van der Waals surface area contributed by atoms with Gasteiger partial charge in [0.15, 0.2) is 11.2 Å². The zero-order valence-corrected chi connectivity index (χ0v) is 18.4. The highest BCUT2D eigenvalue weighted by atomic mass is 35.5. The Morgan fingerprint density at radius 3 is 2.57 bits per heavy atom. The Morgan fingerprint density at radius 2 is 1.87 bits per heavy atom. The first-order valence-corrected chi connectivity index (χ1v) is 10.2. The van der Waals surface area contributed by atoms with Crippen molar-refractivity contribution in [1.82, 2.24) is 23.1 Å². The van der Waals surface area contributed by atoms with Crippen molar-refractivity contribution in [3.8, 4) is 5.69 Å². The lowest BCUT2D eigenvalue weighted by atomic mass is 10.2. The van der Waals surface area contributed by atoms with E-state index in [4.69, 9.17) is 21.3 Å². The monoisotopic (exact) mass is 429 g/mol. The van der Waals surface area contributed by atoms with Gasteiger partial charge in [-0.05, 0) is 45.4 Å². The molecule has 0 aliphatic carbocycles. The van der Waals surface area contributed by atoms with Crippen molar-refractivity contribution in [2.75, 3.05) is 13.2 Å². The number of aromatic nitrogens is 5. The molecule has 158 valence electrons. The summed E-state index contributed by atoms with van der Waals surface area (Å²) >= 11 is 6.35. The smallest absolute Gasteiger partial charge is 0.332 e. The number of benzene rings is 1. The zero-order chi connectivity index (χ0) is 21.7. The lowest BCUT2D eigenvalue weighted by Gasteiger charge is -2.11. The molecule has 0 saturated heterocycles. The molecule has 0 saturated carbocycles. The van der Waals surface area contributed by atoms with Gasteiger partial charge >= 0.3 is 5.69 Å². The third-order valence-electron chi connectivity index (χ3n) is 5.66. The van der Waals surface area contributed by atoms with Gasteiger partial charge < -0.3 is 4.74 Å². The second kappa shape index (κ2) is 7.45. The van der Waals surface area contributed by atoms with Crippen molar-refractivity contribution in [2.24, 2.45) is 7.05 Å². The average Bonchev–Trinajstić information content (AvgIpc) is 3.21. The summed E-state index contributed by atoms with van der Waals surface area (Å²) < 4.78 is 11.8. The molecular formula is C21H24ClN5O3. The molecule has 0 unspecified atom stereocenters. The highest BCUT2D eigenvalue weighted by Crippen LogP contribution is 2.28. The number of nitrogens with zero attached hydrogens (tertiary/aromatic N) is 5. The fourth-order valence-corrected chi connectivity index (χ4v) is 4.04. The number of aryl methyl sites for hydroxylation is 2. The molecule has 0 N–H and O–H groups in total. The minimum absolute atomic E-state index is 0.189. The Bertz CT molecular complexity index is 1410. The zero-order valence-electron chi connectivity index (χ0n) is 17.7. The van der Waals surface area contributed by atoms with E-state index < -0.39 is 5.69 Å². The van der Waals surface area contributed by atoms with Crippen LogP contribution in [0.15, 0.2) is 27.8 Å². The van der Waals surface area contributed by atoms with Crippen molar-refractivity contribution in [3.63, 3.8) is 0 Å². The molecule has 0 radical (unpaired) electrons. The molecule has 30 heavy (non-hydrogen) atoms. The van der Waals surface area contributed by atoms with E-state index in [1.807, 2.05) is 54.9 Å². The van der Waals surface area contributed by atoms with Gasteiger partial charge in [-0.3, -0.25) is 22.9 Å². The first-order chi connectivity index (χ1) is 14.3. The van der Waals surface area contributed by atoms with Crippen molar-refractivity contribution in [2.45, 2.75) is 34.2 Å². The third-order valence-corrected chi connectivity index (χ3v) is 6.07. The van der Waals surface area contributed by atoms with Crippen molar-refractivity contribution in [3.05, 3.63) is 61.0 Å². The SMILES string of the molecule is CCOCCn1c(=O)c2c(nc3n(-c4cccc(Cl)c4C)c(C)c(C)n23)n(C)c1=O. The van der Waals surface area contributed by atoms with Crippen LogP contribution in [0.4, 0.5) is 0 Å². The van der Waals surface area contributed by atoms with E-state index in [0.717, 1.165) is 22.6 Å². The second-order valence-corrected chi connectivity index (χ2v) is 7.71. The standard InChI is InChI=1S/C21H24ClN5O3/c1-6-30-11-10-25-19(28)17-18(24(5)21(25)29)23-20-26(13(3)14(4)27(17)20)16-9-7-8-15(22)12(16)2/h7-9H,6,10-11H2,1-5H3. The average molecular weight is 430 g/mol. The number of halogens is 1. The molecule has 3 heterocycles. The largest absolute Gasteiger partial charge is 0.380 e. The molecule has 4 aromatic rings. The van der Waals surface area contributed by atoms with Crippen LogP contribution in [-0.4, -0.2) is 36.3 Å². The predicted molar refractivity (Wildman–Crippen MR) is 117 cm³/mol. The van der Waals surface area contributed by atoms with Crippen LogP contribution >= 0.6 is 11.6 Å². The van der Waals surface area contributed by atoms with Gasteiger partial charge in [-0.2, -0.15) is 4.98 Å². The van der Waals surface area contributed by atoms with E-state index in [1.165, 1.54) is 9.13 Å². The van der Waals surface area contributed by atoms with Crippen molar-refractivity contribution in [1.29, 1.82) is 0 Å². The second-order valence-electron chi connectivity index (χ2n) is 7.30. The first kappa shape index (κ1) is 20.4. The van der Waals surface area contributed by atoms with Crippen molar-refractivity contribution >= 4 is 28.5 Å². The molecule has 3 aromatic heterocycles. The summed E-state index contributed by atoms with van der Waals surface area (Å²) in [6.45, 7) is 8.74. The summed E-state index contributed by atoms with van der Waals surface area (Å²) in [4.78, 5) is 30.8.